The molecule has 0 heterocycles. The molecule has 0 spiro atoms. The fourth-order valence-electron chi connectivity index (χ4n) is 4.83. The predicted molar refractivity (Wildman–Crippen MR) is 128 cm³/mol. The first kappa shape index (κ1) is 23.3. The average molecular weight is 452 g/mol. The molecule has 2 aromatic rings. The third kappa shape index (κ3) is 5.06. The molecule has 2 aliphatic rings. The summed E-state index contributed by atoms with van der Waals surface area (Å²) in [5, 5.41) is 3.01. The van der Waals surface area contributed by atoms with Crippen LogP contribution in [0.15, 0.2) is 30.3 Å². The number of nitrogens with one attached hydrogen (secondary N) is 1. The summed E-state index contributed by atoms with van der Waals surface area (Å²) in [6.07, 6.45) is 7.32. The number of anilines is 1. The van der Waals surface area contributed by atoms with Gasteiger partial charge in [-0.3, -0.25) is 4.79 Å². The Labute approximate surface area is 195 Å². The van der Waals surface area contributed by atoms with E-state index in [1.165, 1.54) is 12.8 Å². The van der Waals surface area contributed by atoms with Gasteiger partial charge in [0.1, 0.15) is 17.8 Å². The highest BCUT2D eigenvalue weighted by molar-refractivity contribution is 5.95. The highest BCUT2D eigenvalue weighted by atomic mass is 16.5. The van der Waals surface area contributed by atoms with Crippen molar-refractivity contribution in [1.82, 2.24) is 0 Å². The maximum Gasteiger partial charge on any atom is 0.228 e. The van der Waals surface area contributed by atoms with Crippen LogP contribution in [0.1, 0.15) is 49.7 Å². The summed E-state index contributed by atoms with van der Waals surface area (Å²) in [5.74, 6) is 1.03. The van der Waals surface area contributed by atoms with Gasteiger partial charge in [0.2, 0.25) is 5.91 Å². The molecule has 0 saturated heterocycles. The van der Waals surface area contributed by atoms with E-state index in [2.05, 4.69) is 5.32 Å². The Hall–Kier alpha value is -2.86. The van der Waals surface area contributed by atoms with Crippen LogP contribution in [-0.2, 0) is 20.9 Å². The van der Waals surface area contributed by atoms with Gasteiger partial charge in [0, 0.05) is 23.1 Å². The van der Waals surface area contributed by atoms with E-state index in [1.807, 2.05) is 37.3 Å². The van der Waals surface area contributed by atoms with Crippen molar-refractivity contribution in [2.75, 3.05) is 19.5 Å². The van der Waals surface area contributed by atoms with Crippen molar-refractivity contribution in [1.29, 1.82) is 0 Å². The van der Waals surface area contributed by atoms with E-state index < -0.39 is 0 Å². The fourth-order valence-corrected chi connectivity index (χ4v) is 4.83. The third-order valence-corrected chi connectivity index (χ3v) is 7.05. The quantitative estimate of drug-likeness (QED) is 0.524. The first-order valence-corrected chi connectivity index (χ1v) is 11.8. The van der Waals surface area contributed by atoms with Crippen molar-refractivity contribution in [3.8, 4) is 22.6 Å². The standard InChI is InChI=1S/C27H33NO5/c1-17-25(31-2)13-19(14-26(17)32-3)23-11-9-21(28-27(30)24-10-8-18(24)15-29)12-20(23)16-33-22-6-4-5-7-22/h9,11-15,18,22,24H,4-8,10,16H2,1-3H3,(H,28,30)/t18-,24+/m1/s1. The van der Waals surface area contributed by atoms with Gasteiger partial charge >= 0.3 is 0 Å². The molecule has 2 aliphatic carbocycles. The van der Waals surface area contributed by atoms with Gasteiger partial charge in [-0.2, -0.15) is 0 Å². The Morgan fingerprint density at radius 1 is 1.03 bits per heavy atom. The second-order valence-corrected chi connectivity index (χ2v) is 9.07. The Morgan fingerprint density at radius 3 is 2.30 bits per heavy atom. The zero-order chi connectivity index (χ0) is 23.4. The summed E-state index contributed by atoms with van der Waals surface area (Å²) in [6, 6.07) is 9.90. The second-order valence-electron chi connectivity index (χ2n) is 9.07. The van der Waals surface area contributed by atoms with E-state index in [9.17, 15) is 9.59 Å². The zero-order valence-electron chi connectivity index (χ0n) is 19.7. The van der Waals surface area contributed by atoms with Gasteiger partial charge < -0.3 is 24.3 Å². The van der Waals surface area contributed by atoms with Crippen LogP contribution in [-0.4, -0.2) is 32.5 Å². The van der Waals surface area contributed by atoms with Crippen LogP contribution < -0.4 is 14.8 Å². The van der Waals surface area contributed by atoms with Crippen molar-refractivity contribution in [2.45, 2.75) is 58.2 Å². The normalized spacial score (nSPS) is 20.2. The third-order valence-electron chi connectivity index (χ3n) is 7.05. The highest BCUT2D eigenvalue weighted by Crippen LogP contribution is 2.38. The molecule has 1 amide bonds. The summed E-state index contributed by atoms with van der Waals surface area (Å²) >= 11 is 0. The lowest BCUT2D eigenvalue weighted by Gasteiger charge is -2.31. The summed E-state index contributed by atoms with van der Waals surface area (Å²) < 4.78 is 17.4. The summed E-state index contributed by atoms with van der Waals surface area (Å²) in [7, 11) is 3.31. The van der Waals surface area contributed by atoms with Crippen molar-refractivity contribution in [3.05, 3.63) is 41.5 Å². The maximum absolute atomic E-state index is 12.7. The number of methoxy groups -OCH3 is 2. The van der Waals surface area contributed by atoms with Crippen LogP contribution >= 0.6 is 0 Å². The number of amides is 1. The minimum absolute atomic E-state index is 0.0903. The molecule has 2 saturated carbocycles. The number of hydrogen-bond acceptors (Lipinski definition) is 5. The number of rotatable bonds is 9. The molecule has 4 rings (SSSR count). The van der Waals surface area contributed by atoms with Crippen molar-refractivity contribution >= 4 is 17.9 Å². The molecule has 176 valence electrons. The van der Waals surface area contributed by atoms with E-state index in [0.717, 1.165) is 71.4 Å². The molecule has 0 unspecified atom stereocenters. The number of carbonyl (C=O) groups excluding carboxylic acids is 2. The van der Waals surface area contributed by atoms with Crippen LogP contribution in [0.5, 0.6) is 11.5 Å². The average Bonchev–Trinajstić information content (AvgIpc) is 3.31. The van der Waals surface area contributed by atoms with Crippen molar-refractivity contribution in [3.63, 3.8) is 0 Å². The number of benzene rings is 2. The number of carbonyl (C=O) groups is 2. The Morgan fingerprint density at radius 2 is 1.73 bits per heavy atom. The topological polar surface area (TPSA) is 73.9 Å². The van der Waals surface area contributed by atoms with Crippen LogP contribution in [0.2, 0.25) is 0 Å². The van der Waals surface area contributed by atoms with Gasteiger partial charge in [-0.05, 0) is 73.6 Å². The first-order chi connectivity index (χ1) is 16.0. The van der Waals surface area contributed by atoms with E-state index >= 15 is 0 Å². The van der Waals surface area contributed by atoms with Crippen LogP contribution in [0.3, 0.4) is 0 Å². The van der Waals surface area contributed by atoms with Crippen LogP contribution in [0.4, 0.5) is 5.69 Å². The zero-order valence-corrected chi connectivity index (χ0v) is 19.7. The Balaban J connectivity index is 1.64. The molecule has 0 bridgehead atoms. The minimum Gasteiger partial charge on any atom is -0.496 e. The van der Waals surface area contributed by atoms with Crippen LogP contribution in [0, 0.1) is 18.8 Å². The van der Waals surface area contributed by atoms with Gasteiger partial charge in [-0.15, -0.1) is 0 Å². The lowest BCUT2D eigenvalue weighted by molar-refractivity contribution is -0.130. The predicted octanol–water partition coefficient (Wildman–Crippen LogP) is 5.30. The SMILES string of the molecule is COc1cc(-c2ccc(NC(=O)[C@H]3CC[C@@H]3C=O)cc2COC2CCCC2)cc(OC)c1C. The van der Waals surface area contributed by atoms with Gasteiger partial charge in [-0.25, -0.2) is 0 Å². The molecular weight excluding hydrogens is 418 g/mol. The summed E-state index contributed by atoms with van der Waals surface area (Å²) in [6.45, 7) is 2.43. The van der Waals surface area contributed by atoms with E-state index in [1.54, 1.807) is 14.2 Å². The molecule has 2 aromatic carbocycles. The first-order valence-electron chi connectivity index (χ1n) is 11.8. The molecular formula is C27H33NO5. The minimum atomic E-state index is -0.231. The Kier molecular flexibility index (Phi) is 7.33. The highest BCUT2D eigenvalue weighted by Gasteiger charge is 2.36. The second kappa shape index (κ2) is 10.4. The van der Waals surface area contributed by atoms with Crippen molar-refractivity contribution in [2.24, 2.45) is 11.8 Å². The largest absolute Gasteiger partial charge is 0.496 e. The summed E-state index contributed by atoms with van der Waals surface area (Å²) in [5.41, 5.74) is 4.64. The molecule has 0 radical (unpaired) electrons. The van der Waals surface area contributed by atoms with Gasteiger partial charge in [-0.1, -0.05) is 18.9 Å². The van der Waals surface area contributed by atoms with Crippen LogP contribution in [0.25, 0.3) is 11.1 Å². The van der Waals surface area contributed by atoms with Gasteiger partial charge in [0.05, 0.1) is 26.9 Å². The van der Waals surface area contributed by atoms with Gasteiger partial charge in [0.25, 0.3) is 0 Å². The smallest absolute Gasteiger partial charge is 0.228 e. The van der Waals surface area contributed by atoms with E-state index in [-0.39, 0.29) is 23.8 Å². The molecule has 0 aromatic heterocycles. The molecule has 2 atom stereocenters. The van der Waals surface area contributed by atoms with E-state index in [4.69, 9.17) is 14.2 Å². The lowest BCUT2D eigenvalue weighted by atomic mass is 9.74. The number of hydrogen-bond donors (Lipinski definition) is 1. The van der Waals surface area contributed by atoms with E-state index in [0.29, 0.717) is 6.61 Å². The fraction of sp³-hybridized carbons (Fsp3) is 0.481. The number of aldehydes is 1. The Bertz CT molecular complexity index is 987. The molecule has 6 nitrogen and oxygen atoms in total. The monoisotopic (exact) mass is 451 g/mol. The molecule has 6 heteroatoms. The molecule has 33 heavy (non-hydrogen) atoms. The molecule has 2 fully saturated rings. The molecule has 0 aliphatic heterocycles. The van der Waals surface area contributed by atoms with Gasteiger partial charge in [0.15, 0.2) is 0 Å². The number of ether oxygens (including phenoxy) is 3. The molecule has 1 N–H and O–H groups in total. The maximum atomic E-state index is 12.7. The summed E-state index contributed by atoms with van der Waals surface area (Å²) in [4.78, 5) is 23.8. The lowest BCUT2D eigenvalue weighted by Crippen LogP contribution is -2.37. The van der Waals surface area contributed by atoms with Crippen molar-refractivity contribution < 1.29 is 23.8 Å².